The van der Waals surface area contributed by atoms with Gasteiger partial charge in [-0.05, 0) is 12.8 Å². The zero-order valence-corrected chi connectivity index (χ0v) is 9.47. The summed E-state index contributed by atoms with van der Waals surface area (Å²) >= 11 is 1.34. The van der Waals surface area contributed by atoms with Crippen molar-refractivity contribution in [3.05, 3.63) is 5.01 Å². The Balaban J connectivity index is 2.62. The number of anilines is 1. The van der Waals surface area contributed by atoms with E-state index < -0.39 is 5.92 Å². The van der Waals surface area contributed by atoms with Crippen molar-refractivity contribution < 1.29 is 4.79 Å². The summed E-state index contributed by atoms with van der Waals surface area (Å²) in [6, 6.07) is 1.94. The van der Waals surface area contributed by atoms with E-state index in [0.29, 0.717) is 11.6 Å². The quantitative estimate of drug-likeness (QED) is 0.842. The lowest BCUT2D eigenvalue weighted by Crippen LogP contribution is -2.20. The number of nitrogens with one attached hydrogen (secondary N) is 1. The van der Waals surface area contributed by atoms with Crippen LogP contribution >= 0.6 is 11.3 Å². The van der Waals surface area contributed by atoms with E-state index >= 15 is 0 Å². The Bertz CT molecular complexity index is 382. The topological polar surface area (TPSA) is 78.7 Å². The van der Waals surface area contributed by atoms with Gasteiger partial charge in [-0.1, -0.05) is 25.2 Å². The third-order valence-electron chi connectivity index (χ3n) is 1.88. The molecular weight excluding hydrogens is 212 g/mol. The fourth-order valence-electron chi connectivity index (χ4n) is 0.975. The molecule has 1 amide bonds. The molecule has 0 aliphatic rings. The SMILES string of the molecule is CCc1nnc(NC(=O)C(C#N)CC)s1. The number of aryl methyl sites for hydroxylation is 1. The van der Waals surface area contributed by atoms with Crippen molar-refractivity contribution in [1.29, 1.82) is 5.26 Å². The number of hydrogen-bond donors (Lipinski definition) is 1. The maximum atomic E-state index is 11.5. The third-order valence-corrected chi connectivity index (χ3v) is 2.86. The first-order valence-corrected chi connectivity index (χ1v) is 5.55. The summed E-state index contributed by atoms with van der Waals surface area (Å²) in [6.07, 6.45) is 1.30. The molecule has 1 N–H and O–H groups in total. The van der Waals surface area contributed by atoms with E-state index in [2.05, 4.69) is 15.5 Å². The molecule has 1 rings (SSSR count). The molecule has 80 valence electrons. The average molecular weight is 224 g/mol. The lowest BCUT2D eigenvalue weighted by atomic mass is 10.1. The molecule has 0 saturated carbocycles. The molecule has 1 heterocycles. The molecule has 1 unspecified atom stereocenters. The number of carbonyl (C=O) groups is 1. The maximum Gasteiger partial charge on any atom is 0.243 e. The highest BCUT2D eigenvalue weighted by Crippen LogP contribution is 2.16. The number of hydrogen-bond acceptors (Lipinski definition) is 5. The van der Waals surface area contributed by atoms with E-state index in [0.717, 1.165) is 11.4 Å². The molecule has 0 bridgehead atoms. The first-order valence-electron chi connectivity index (χ1n) is 4.74. The van der Waals surface area contributed by atoms with Crippen LogP contribution in [0.1, 0.15) is 25.3 Å². The van der Waals surface area contributed by atoms with Crippen LogP contribution in [0.4, 0.5) is 5.13 Å². The van der Waals surface area contributed by atoms with Crippen molar-refractivity contribution in [2.45, 2.75) is 26.7 Å². The Hall–Kier alpha value is -1.48. The van der Waals surface area contributed by atoms with Gasteiger partial charge in [0.1, 0.15) is 10.9 Å². The molecular formula is C9H12N4OS. The number of nitriles is 1. The van der Waals surface area contributed by atoms with Crippen molar-refractivity contribution >= 4 is 22.4 Å². The van der Waals surface area contributed by atoms with Crippen molar-refractivity contribution in [3.63, 3.8) is 0 Å². The molecule has 0 fully saturated rings. The first-order chi connectivity index (χ1) is 7.21. The second-order valence-electron chi connectivity index (χ2n) is 2.93. The summed E-state index contributed by atoms with van der Waals surface area (Å²) in [6.45, 7) is 3.77. The monoisotopic (exact) mass is 224 g/mol. The van der Waals surface area contributed by atoms with Crippen LogP contribution in [-0.4, -0.2) is 16.1 Å². The molecule has 0 radical (unpaired) electrons. The van der Waals surface area contributed by atoms with Crippen LogP contribution in [0.5, 0.6) is 0 Å². The molecule has 5 nitrogen and oxygen atoms in total. The molecule has 6 heteroatoms. The van der Waals surface area contributed by atoms with E-state index in [4.69, 9.17) is 5.26 Å². The average Bonchev–Trinajstić information content (AvgIpc) is 2.67. The molecule has 1 atom stereocenters. The minimum atomic E-state index is -0.612. The zero-order valence-electron chi connectivity index (χ0n) is 8.65. The van der Waals surface area contributed by atoms with Crippen molar-refractivity contribution in [1.82, 2.24) is 10.2 Å². The van der Waals surface area contributed by atoms with Gasteiger partial charge in [0, 0.05) is 0 Å². The van der Waals surface area contributed by atoms with Gasteiger partial charge in [-0.15, -0.1) is 10.2 Å². The van der Waals surface area contributed by atoms with Crippen molar-refractivity contribution in [3.8, 4) is 6.07 Å². The Kier molecular flexibility index (Phi) is 4.18. The molecule has 1 aromatic heterocycles. The minimum absolute atomic E-state index is 0.307. The van der Waals surface area contributed by atoms with Gasteiger partial charge in [0.25, 0.3) is 0 Å². The number of rotatable bonds is 4. The largest absolute Gasteiger partial charge is 0.299 e. The van der Waals surface area contributed by atoms with Gasteiger partial charge in [0.2, 0.25) is 11.0 Å². The van der Waals surface area contributed by atoms with Crippen LogP contribution in [-0.2, 0) is 11.2 Å². The van der Waals surface area contributed by atoms with E-state index in [-0.39, 0.29) is 5.91 Å². The Morgan fingerprint density at radius 3 is 2.80 bits per heavy atom. The molecule has 0 aromatic carbocycles. The summed E-state index contributed by atoms with van der Waals surface area (Å²) in [7, 11) is 0. The van der Waals surface area contributed by atoms with Gasteiger partial charge in [-0.25, -0.2) is 0 Å². The van der Waals surface area contributed by atoms with Crippen LogP contribution < -0.4 is 5.32 Å². The summed E-state index contributed by atoms with van der Waals surface area (Å²) < 4.78 is 0. The highest BCUT2D eigenvalue weighted by molar-refractivity contribution is 7.15. The van der Waals surface area contributed by atoms with Crippen LogP contribution in [0, 0.1) is 17.2 Å². The minimum Gasteiger partial charge on any atom is -0.299 e. The van der Waals surface area contributed by atoms with Gasteiger partial charge in [-0.2, -0.15) is 5.26 Å². The molecule has 0 aliphatic carbocycles. The number of nitrogens with zero attached hydrogens (tertiary/aromatic N) is 3. The molecule has 0 saturated heterocycles. The van der Waals surface area contributed by atoms with Gasteiger partial charge >= 0.3 is 0 Å². The molecule has 1 aromatic rings. The standard InChI is InChI=1S/C9H12N4OS/c1-3-6(5-10)8(14)11-9-13-12-7(4-2)15-9/h6H,3-4H2,1-2H3,(H,11,13,14). The highest BCUT2D eigenvalue weighted by atomic mass is 32.1. The van der Waals surface area contributed by atoms with E-state index in [9.17, 15) is 4.79 Å². The normalized spacial score (nSPS) is 11.8. The summed E-state index contributed by atoms with van der Waals surface area (Å²) in [5.41, 5.74) is 0. The second-order valence-corrected chi connectivity index (χ2v) is 4.00. The summed E-state index contributed by atoms with van der Waals surface area (Å²) in [5, 5.41) is 20.3. The van der Waals surface area contributed by atoms with Gasteiger partial charge in [-0.3, -0.25) is 10.1 Å². The molecule has 0 aliphatic heterocycles. The third kappa shape index (κ3) is 2.99. The van der Waals surface area contributed by atoms with Crippen LogP contribution in [0.2, 0.25) is 0 Å². The predicted molar refractivity (Wildman–Crippen MR) is 57.3 cm³/mol. The highest BCUT2D eigenvalue weighted by Gasteiger charge is 2.16. The number of aromatic nitrogens is 2. The predicted octanol–water partition coefficient (Wildman–Crippen LogP) is 1.59. The van der Waals surface area contributed by atoms with Crippen molar-refractivity contribution in [2.24, 2.45) is 5.92 Å². The van der Waals surface area contributed by atoms with Gasteiger partial charge in [0.05, 0.1) is 6.07 Å². The van der Waals surface area contributed by atoms with E-state index in [1.807, 2.05) is 13.0 Å². The van der Waals surface area contributed by atoms with Gasteiger partial charge < -0.3 is 0 Å². The van der Waals surface area contributed by atoms with Crippen molar-refractivity contribution in [2.75, 3.05) is 5.32 Å². The smallest absolute Gasteiger partial charge is 0.243 e. The lowest BCUT2D eigenvalue weighted by Gasteiger charge is -2.03. The Morgan fingerprint density at radius 2 is 2.33 bits per heavy atom. The Labute approximate surface area is 92.1 Å². The van der Waals surface area contributed by atoms with Crippen LogP contribution in [0.25, 0.3) is 0 Å². The maximum absolute atomic E-state index is 11.5. The summed E-state index contributed by atoms with van der Waals surface area (Å²) in [5.74, 6) is -0.919. The van der Waals surface area contributed by atoms with E-state index in [1.165, 1.54) is 11.3 Å². The zero-order chi connectivity index (χ0) is 11.3. The fraction of sp³-hybridized carbons (Fsp3) is 0.556. The summed E-state index contributed by atoms with van der Waals surface area (Å²) in [4.78, 5) is 11.5. The second kappa shape index (κ2) is 5.41. The number of amides is 1. The molecule has 15 heavy (non-hydrogen) atoms. The lowest BCUT2D eigenvalue weighted by molar-refractivity contribution is -0.118. The van der Waals surface area contributed by atoms with Gasteiger partial charge in [0.15, 0.2) is 0 Å². The number of carbonyl (C=O) groups excluding carboxylic acids is 1. The first kappa shape index (κ1) is 11.6. The van der Waals surface area contributed by atoms with E-state index in [1.54, 1.807) is 6.92 Å². The molecule has 0 spiro atoms. The fourth-order valence-corrected chi connectivity index (χ4v) is 1.66. The van der Waals surface area contributed by atoms with Crippen LogP contribution in [0.15, 0.2) is 0 Å². The Morgan fingerprint density at radius 1 is 1.60 bits per heavy atom. The van der Waals surface area contributed by atoms with Crippen LogP contribution in [0.3, 0.4) is 0 Å².